The molecule has 3 heterocycles. The van der Waals surface area contributed by atoms with Crippen molar-refractivity contribution in [1.82, 2.24) is 9.97 Å². The molecule has 2 aliphatic rings. The maximum atomic E-state index is 6.39. The van der Waals surface area contributed by atoms with Crippen LogP contribution in [0.3, 0.4) is 0 Å². The summed E-state index contributed by atoms with van der Waals surface area (Å²) in [6.45, 7) is 11.1. The van der Waals surface area contributed by atoms with Crippen molar-refractivity contribution in [2.75, 3.05) is 26.3 Å². The first-order chi connectivity index (χ1) is 14.5. The van der Waals surface area contributed by atoms with Gasteiger partial charge in [-0.05, 0) is 47.9 Å². The molecule has 1 fully saturated rings. The van der Waals surface area contributed by atoms with E-state index >= 15 is 0 Å². The van der Waals surface area contributed by atoms with E-state index in [4.69, 9.17) is 19.4 Å². The lowest BCUT2D eigenvalue weighted by atomic mass is 9.87. The first kappa shape index (κ1) is 19.9. The third-order valence-corrected chi connectivity index (χ3v) is 7.31. The van der Waals surface area contributed by atoms with E-state index in [1.54, 1.807) is 0 Å². The van der Waals surface area contributed by atoms with Crippen molar-refractivity contribution < 1.29 is 14.4 Å². The van der Waals surface area contributed by atoms with Crippen LogP contribution in [0.4, 0.5) is 0 Å². The molecule has 1 N–H and O–H groups in total. The largest absolute Gasteiger partial charge is 0.438 e. The topological polar surface area (TPSA) is 48.7 Å². The summed E-state index contributed by atoms with van der Waals surface area (Å²) in [5.41, 5.74) is 2.83. The van der Waals surface area contributed by atoms with E-state index in [1.165, 1.54) is 27.3 Å². The molecule has 0 amide bonds. The highest BCUT2D eigenvalue weighted by atomic mass is 32.1. The Morgan fingerprint density at radius 3 is 2.57 bits per heavy atom. The summed E-state index contributed by atoms with van der Waals surface area (Å²) in [5, 5.41) is 1.13. The quantitative estimate of drug-likeness (QED) is 0.694. The van der Waals surface area contributed by atoms with Crippen LogP contribution < -0.4 is 9.64 Å². The van der Waals surface area contributed by atoms with Gasteiger partial charge in [-0.1, -0.05) is 32.9 Å². The molecule has 6 heteroatoms. The van der Waals surface area contributed by atoms with Gasteiger partial charge in [0, 0.05) is 4.88 Å². The molecule has 1 aromatic carbocycles. The van der Waals surface area contributed by atoms with E-state index in [0.717, 1.165) is 73.4 Å². The van der Waals surface area contributed by atoms with Gasteiger partial charge in [0.1, 0.15) is 30.2 Å². The summed E-state index contributed by atoms with van der Waals surface area (Å²) in [6, 6.07) is 8.44. The van der Waals surface area contributed by atoms with Crippen molar-refractivity contribution in [2.24, 2.45) is 0 Å². The fourth-order valence-corrected chi connectivity index (χ4v) is 5.62. The third-order valence-electron chi connectivity index (χ3n) is 6.12. The number of rotatable bonds is 4. The summed E-state index contributed by atoms with van der Waals surface area (Å²) >= 11 is 1.83. The number of thiophene rings is 1. The monoisotopic (exact) mass is 424 g/mol. The lowest BCUT2D eigenvalue weighted by molar-refractivity contribution is -0.922. The van der Waals surface area contributed by atoms with E-state index in [-0.39, 0.29) is 5.41 Å². The molecule has 0 saturated carbocycles. The van der Waals surface area contributed by atoms with Crippen LogP contribution in [0.5, 0.6) is 11.6 Å². The van der Waals surface area contributed by atoms with Gasteiger partial charge in [-0.2, -0.15) is 4.98 Å². The van der Waals surface area contributed by atoms with Gasteiger partial charge >= 0.3 is 0 Å². The summed E-state index contributed by atoms with van der Waals surface area (Å²) in [4.78, 5) is 13.9. The minimum Gasteiger partial charge on any atom is -0.438 e. The molecular weight excluding hydrogens is 394 g/mol. The second-order valence-corrected chi connectivity index (χ2v) is 10.5. The normalized spacial score (nSPS) is 17.4. The van der Waals surface area contributed by atoms with Gasteiger partial charge in [0.05, 0.1) is 18.6 Å². The number of aromatic nitrogens is 2. The summed E-state index contributed by atoms with van der Waals surface area (Å²) < 4.78 is 11.9. The zero-order chi connectivity index (χ0) is 20.7. The molecule has 0 radical (unpaired) electrons. The van der Waals surface area contributed by atoms with Gasteiger partial charge < -0.3 is 14.4 Å². The van der Waals surface area contributed by atoms with Crippen LogP contribution in [0.2, 0.25) is 0 Å². The first-order valence-corrected chi connectivity index (χ1v) is 11.8. The fourth-order valence-electron chi connectivity index (χ4n) is 4.35. The minimum absolute atomic E-state index is 0.128. The zero-order valence-corrected chi connectivity index (χ0v) is 18.9. The van der Waals surface area contributed by atoms with E-state index in [9.17, 15) is 0 Å². The van der Waals surface area contributed by atoms with Gasteiger partial charge in [0.15, 0.2) is 5.82 Å². The Labute approximate surface area is 182 Å². The molecule has 158 valence electrons. The second kappa shape index (κ2) is 7.91. The molecule has 0 atom stereocenters. The lowest BCUT2D eigenvalue weighted by Crippen LogP contribution is -3.12. The van der Waals surface area contributed by atoms with Crippen LogP contribution in [0, 0.1) is 0 Å². The number of hydrogen-bond acceptors (Lipinski definition) is 5. The van der Waals surface area contributed by atoms with Gasteiger partial charge in [0.2, 0.25) is 5.88 Å². The first-order valence-electron chi connectivity index (χ1n) is 11.0. The molecule has 3 aromatic rings. The number of benzene rings is 1. The Balaban J connectivity index is 1.50. The van der Waals surface area contributed by atoms with Crippen LogP contribution >= 0.6 is 11.3 Å². The van der Waals surface area contributed by atoms with Crippen molar-refractivity contribution in [3.8, 4) is 11.6 Å². The van der Waals surface area contributed by atoms with Crippen LogP contribution in [0.15, 0.2) is 24.3 Å². The summed E-state index contributed by atoms with van der Waals surface area (Å²) in [5.74, 6) is 2.44. The fraction of sp³-hybridized carbons (Fsp3) is 0.500. The van der Waals surface area contributed by atoms with Gasteiger partial charge in [-0.15, -0.1) is 11.3 Å². The van der Waals surface area contributed by atoms with Gasteiger partial charge in [-0.3, -0.25) is 0 Å². The highest BCUT2D eigenvalue weighted by Crippen LogP contribution is 2.41. The van der Waals surface area contributed by atoms with E-state index in [0.29, 0.717) is 0 Å². The molecule has 5 rings (SSSR count). The van der Waals surface area contributed by atoms with E-state index < -0.39 is 0 Å². The number of nitrogens with zero attached hydrogens (tertiary/aromatic N) is 2. The molecular formula is C24H30N3O2S+. The molecule has 30 heavy (non-hydrogen) atoms. The molecule has 1 saturated heterocycles. The number of ether oxygens (including phenoxy) is 2. The smallest absolute Gasteiger partial charge is 0.231 e. The van der Waals surface area contributed by atoms with Gasteiger partial charge in [-0.25, -0.2) is 4.98 Å². The summed E-state index contributed by atoms with van der Waals surface area (Å²) in [7, 11) is 0. The molecule has 5 nitrogen and oxygen atoms in total. The lowest BCUT2D eigenvalue weighted by Gasteiger charge is -2.23. The maximum absolute atomic E-state index is 6.39. The highest BCUT2D eigenvalue weighted by molar-refractivity contribution is 7.19. The number of fused-ring (bicyclic) bond motifs is 3. The Morgan fingerprint density at radius 2 is 1.83 bits per heavy atom. The van der Waals surface area contributed by atoms with E-state index in [1.807, 2.05) is 11.3 Å². The van der Waals surface area contributed by atoms with Crippen LogP contribution in [0.1, 0.15) is 49.0 Å². The molecule has 0 bridgehead atoms. The number of aryl methyl sites for hydroxylation is 2. The minimum atomic E-state index is 0.128. The Bertz CT molecular complexity index is 1050. The molecule has 2 aromatic heterocycles. The van der Waals surface area contributed by atoms with E-state index in [2.05, 4.69) is 45.0 Å². The van der Waals surface area contributed by atoms with Crippen LogP contribution in [-0.2, 0) is 29.5 Å². The summed E-state index contributed by atoms with van der Waals surface area (Å²) in [6.07, 6.45) is 3.47. The van der Waals surface area contributed by atoms with Crippen molar-refractivity contribution in [1.29, 1.82) is 0 Å². The molecule has 0 spiro atoms. The van der Waals surface area contributed by atoms with Crippen molar-refractivity contribution in [3.63, 3.8) is 0 Å². The Kier molecular flexibility index (Phi) is 5.25. The molecule has 1 aliphatic carbocycles. The van der Waals surface area contributed by atoms with Crippen molar-refractivity contribution in [3.05, 3.63) is 46.1 Å². The van der Waals surface area contributed by atoms with Gasteiger partial charge in [0.25, 0.3) is 0 Å². The number of hydrogen-bond donors (Lipinski definition) is 1. The average Bonchev–Trinajstić information content (AvgIpc) is 3.29. The second-order valence-electron chi connectivity index (χ2n) is 9.40. The number of morpholine rings is 1. The predicted octanol–water partition coefficient (Wildman–Crippen LogP) is 3.68. The zero-order valence-electron chi connectivity index (χ0n) is 18.1. The number of quaternary nitrogens is 1. The van der Waals surface area contributed by atoms with Crippen molar-refractivity contribution >= 4 is 21.6 Å². The predicted molar refractivity (Wildman–Crippen MR) is 120 cm³/mol. The SMILES string of the molecule is CC(C)(C)c1ccc(Oc2nc(C[NH+]3CCOCC3)nc3sc4c(c23)CCC4)cc1. The standard InChI is InChI=1S/C24H29N3O2S/c1-24(2,3)16-7-9-17(10-8-16)29-22-21-18-5-4-6-19(18)30-23(21)26-20(25-22)15-27-11-13-28-14-12-27/h7-10H,4-6,11-15H2,1-3H3/p+1. The number of nitrogens with one attached hydrogen (secondary N) is 1. The van der Waals surface area contributed by atoms with Crippen molar-refractivity contribution in [2.45, 2.75) is 52.0 Å². The maximum Gasteiger partial charge on any atom is 0.231 e. The Morgan fingerprint density at radius 1 is 1.07 bits per heavy atom. The third kappa shape index (κ3) is 3.96. The molecule has 0 unspecified atom stereocenters. The van der Waals surface area contributed by atoms with Crippen LogP contribution in [0.25, 0.3) is 10.2 Å². The Hall–Kier alpha value is -2.02. The highest BCUT2D eigenvalue weighted by Gasteiger charge is 2.25. The molecule has 1 aliphatic heterocycles. The average molecular weight is 425 g/mol. The van der Waals surface area contributed by atoms with Crippen LogP contribution in [-0.4, -0.2) is 36.3 Å².